The van der Waals surface area contributed by atoms with Crippen LogP contribution in [0, 0.1) is 0 Å². The molecule has 0 bridgehead atoms. The van der Waals surface area contributed by atoms with Crippen molar-refractivity contribution in [2.45, 2.75) is 6.04 Å². The molecule has 0 aromatic heterocycles. The molecule has 1 aliphatic rings. The van der Waals surface area contributed by atoms with Crippen molar-refractivity contribution in [1.82, 2.24) is 16.2 Å². The number of nitrogens with one attached hydrogen (secondary N) is 3. The maximum atomic E-state index is 10.8. The summed E-state index contributed by atoms with van der Waals surface area (Å²) in [6, 6.07) is -0.657. The fraction of sp³-hybridized carbons (Fsp3) is 0.125. The van der Waals surface area contributed by atoms with Gasteiger partial charge in [0.2, 0.25) is 0 Å². The molecule has 8 nitrogen and oxygen atoms in total. The third kappa shape index (κ3) is 3.74. The predicted molar refractivity (Wildman–Crippen MR) is 61.4 cm³/mol. The van der Waals surface area contributed by atoms with Crippen LogP contribution in [0.15, 0.2) is 23.5 Å². The molecule has 92 valence electrons. The van der Waals surface area contributed by atoms with Crippen molar-refractivity contribution in [3.8, 4) is 0 Å². The molecule has 0 aromatic carbocycles. The summed E-state index contributed by atoms with van der Waals surface area (Å²) in [7, 11) is 0. The second-order valence-electron chi connectivity index (χ2n) is 3.06. The Balaban J connectivity index is 2.84. The Kier molecular flexibility index (Phi) is 4.01. The lowest BCUT2D eigenvalue weighted by molar-refractivity contribution is -0.133. The van der Waals surface area contributed by atoms with E-state index < -0.39 is 18.0 Å². The highest BCUT2D eigenvalue weighted by molar-refractivity contribution is 7.80. The maximum absolute atomic E-state index is 10.8. The molecule has 0 fully saturated rings. The van der Waals surface area contributed by atoms with Gasteiger partial charge in [-0.3, -0.25) is 5.43 Å². The molecule has 0 aromatic rings. The lowest BCUT2D eigenvalue weighted by atomic mass is 10.1. The van der Waals surface area contributed by atoms with Gasteiger partial charge in [-0.25, -0.2) is 15.0 Å². The summed E-state index contributed by atoms with van der Waals surface area (Å²) >= 11 is 4.54. The Bertz CT molecular complexity index is 401. The molecular formula is C8H10N4O4S. The van der Waals surface area contributed by atoms with E-state index in [1.807, 2.05) is 0 Å². The normalized spacial score (nSPS) is 15.3. The van der Waals surface area contributed by atoms with Crippen LogP contribution in [0.2, 0.25) is 0 Å². The summed E-state index contributed by atoms with van der Waals surface area (Å²) < 4.78 is 0. The van der Waals surface area contributed by atoms with Crippen LogP contribution >= 0.6 is 12.2 Å². The fourth-order valence-electron chi connectivity index (χ4n) is 1.12. The summed E-state index contributed by atoms with van der Waals surface area (Å²) in [6.07, 6.45) is 2.56. The van der Waals surface area contributed by atoms with Gasteiger partial charge in [-0.15, -0.1) is 0 Å². The van der Waals surface area contributed by atoms with Gasteiger partial charge in [-0.05, 0) is 24.4 Å². The number of nitrogens with two attached hydrogens (primary N) is 1. The minimum atomic E-state index is -1.26. The van der Waals surface area contributed by atoms with Crippen LogP contribution in [0.5, 0.6) is 0 Å². The number of carboxylic acids is 2. The van der Waals surface area contributed by atoms with E-state index in [1.165, 1.54) is 12.2 Å². The molecule has 1 aliphatic heterocycles. The first-order valence-corrected chi connectivity index (χ1v) is 4.79. The lowest BCUT2D eigenvalue weighted by Gasteiger charge is -2.20. The van der Waals surface area contributed by atoms with Gasteiger partial charge in [0.15, 0.2) is 5.11 Å². The second kappa shape index (κ2) is 5.27. The second-order valence-corrected chi connectivity index (χ2v) is 3.50. The van der Waals surface area contributed by atoms with Gasteiger partial charge >= 0.3 is 11.9 Å². The SMILES string of the molecule is NC(=S)NNC1C=C(C(=O)O)NC(C(=O)O)=C1. The number of dihydropyridines is 1. The Morgan fingerprint density at radius 3 is 2.12 bits per heavy atom. The Morgan fingerprint density at radius 2 is 1.76 bits per heavy atom. The van der Waals surface area contributed by atoms with Crippen molar-refractivity contribution in [3.63, 3.8) is 0 Å². The van der Waals surface area contributed by atoms with Gasteiger partial charge < -0.3 is 21.3 Å². The zero-order chi connectivity index (χ0) is 13.0. The summed E-state index contributed by atoms with van der Waals surface area (Å²) in [4.78, 5) is 21.5. The highest BCUT2D eigenvalue weighted by atomic mass is 32.1. The third-order valence-corrected chi connectivity index (χ3v) is 1.89. The average molecular weight is 258 g/mol. The van der Waals surface area contributed by atoms with E-state index in [1.54, 1.807) is 0 Å². The summed E-state index contributed by atoms with van der Waals surface area (Å²) in [5.41, 5.74) is 9.63. The molecule has 0 atom stereocenters. The lowest BCUT2D eigenvalue weighted by Crippen LogP contribution is -2.47. The largest absolute Gasteiger partial charge is 0.477 e. The Labute approximate surface area is 101 Å². The first-order valence-electron chi connectivity index (χ1n) is 4.38. The van der Waals surface area contributed by atoms with Crippen molar-refractivity contribution >= 4 is 29.3 Å². The first kappa shape index (κ1) is 12.9. The van der Waals surface area contributed by atoms with Gasteiger partial charge in [0.1, 0.15) is 11.4 Å². The van der Waals surface area contributed by atoms with Crippen LogP contribution in [0.1, 0.15) is 0 Å². The van der Waals surface area contributed by atoms with Gasteiger partial charge in [-0.1, -0.05) is 0 Å². The van der Waals surface area contributed by atoms with E-state index in [4.69, 9.17) is 15.9 Å². The first-order chi connectivity index (χ1) is 7.90. The number of carboxylic acid groups (broad SMARTS) is 2. The third-order valence-electron chi connectivity index (χ3n) is 1.78. The van der Waals surface area contributed by atoms with E-state index in [-0.39, 0.29) is 16.5 Å². The molecule has 0 radical (unpaired) electrons. The number of aliphatic carboxylic acids is 2. The van der Waals surface area contributed by atoms with Gasteiger partial charge in [0.05, 0.1) is 6.04 Å². The van der Waals surface area contributed by atoms with Crippen molar-refractivity contribution < 1.29 is 19.8 Å². The van der Waals surface area contributed by atoms with E-state index in [0.29, 0.717) is 0 Å². The number of hydrazine groups is 1. The molecule has 1 rings (SSSR count). The molecule has 0 spiro atoms. The highest BCUT2D eigenvalue weighted by Crippen LogP contribution is 2.08. The van der Waals surface area contributed by atoms with Crippen molar-refractivity contribution in [2.24, 2.45) is 5.73 Å². The summed E-state index contributed by atoms with van der Waals surface area (Å²) in [5, 5.41) is 19.8. The van der Waals surface area contributed by atoms with Crippen LogP contribution < -0.4 is 21.9 Å². The molecule has 1 heterocycles. The van der Waals surface area contributed by atoms with E-state index >= 15 is 0 Å². The molecule has 0 unspecified atom stereocenters. The Hall–Kier alpha value is -2.13. The minimum absolute atomic E-state index is 0.0425. The monoisotopic (exact) mass is 258 g/mol. The quantitative estimate of drug-likeness (QED) is 0.255. The summed E-state index contributed by atoms with van der Waals surface area (Å²) in [6.45, 7) is 0. The molecule has 17 heavy (non-hydrogen) atoms. The maximum Gasteiger partial charge on any atom is 0.352 e. The zero-order valence-corrected chi connectivity index (χ0v) is 9.25. The highest BCUT2D eigenvalue weighted by Gasteiger charge is 2.21. The van der Waals surface area contributed by atoms with Crippen LogP contribution in [0.3, 0.4) is 0 Å². The fourth-order valence-corrected chi connectivity index (χ4v) is 1.18. The van der Waals surface area contributed by atoms with E-state index in [0.717, 1.165) is 0 Å². The number of hydrogen-bond donors (Lipinski definition) is 6. The molecule has 0 saturated carbocycles. The number of hydrogen-bond acceptors (Lipinski definition) is 5. The van der Waals surface area contributed by atoms with Crippen molar-refractivity contribution in [3.05, 3.63) is 23.5 Å². The molecule has 9 heteroatoms. The van der Waals surface area contributed by atoms with Crippen LogP contribution in [0.25, 0.3) is 0 Å². The molecule has 0 saturated heterocycles. The topological polar surface area (TPSA) is 137 Å². The van der Waals surface area contributed by atoms with E-state index in [9.17, 15) is 9.59 Å². The Morgan fingerprint density at radius 1 is 1.29 bits per heavy atom. The van der Waals surface area contributed by atoms with Crippen LogP contribution in [0.4, 0.5) is 0 Å². The van der Waals surface area contributed by atoms with Crippen LogP contribution in [-0.2, 0) is 9.59 Å². The van der Waals surface area contributed by atoms with Gasteiger partial charge in [0.25, 0.3) is 0 Å². The molecule has 0 amide bonds. The average Bonchev–Trinajstić information content (AvgIpc) is 2.25. The zero-order valence-electron chi connectivity index (χ0n) is 8.43. The number of rotatable bonds is 4. The van der Waals surface area contributed by atoms with Crippen molar-refractivity contribution in [2.75, 3.05) is 0 Å². The summed E-state index contributed by atoms with van der Waals surface area (Å²) in [5.74, 6) is -2.53. The smallest absolute Gasteiger partial charge is 0.352 e. The minimum Gasteiger partial charge on any atom is -0.477 e. The standard InChI is InChI=1S/C8H10N4O4S/c9-8(17)12-11-3-1-4(6(13)14)10-5(2-3)7(15)16/h1-3,10-11H,(H,13,14)(H,15,16)(H3,9,12,17). The van der Waals surface area contributed by atoms with Gasteiger partial charge in [-0.2, -0.15) is 0 Å². The van der Waals surface area contributed by atoms with E-state index in [2.05, 4.69) is 28.4 Å². The van der Waals surface area contributed by atoms with Gasteiger partial charge in [0, 0.05) is 0 Å². The molecule has 0 aliphatic carbocycles. The number of thiocarbonyl (C=S) groups is 1. The number of carbonyl (C=O) groups is 2. The predicted octanol–water partition coefficient (Wildman–Crippen LogP) is -1.77. The molecular weight excluding hydrogens is 248 g/mol. The van der Waals surface area contributed by atoms with Crippen molar-refractivity contribution in [1.29, 1.82) is 0 Å². The molecule has 7 N–H and O–H groups in total. The van der Waals surface area contributed by atoms with Crippen LogP contribution in [-0.4, -0.2) is 33.3 Å².